The summed E-state index contributed by atoms with van der Waals surface area (Å²) in [6, 6.07) is 11.3. The van der Waals surface area contributed by atoms with E-state index in [9.17, 15) is 4.79 Å². The van der Waals surface area contributed by atoms with Crippen LogP contribution in [0.4, 0.5) is 0 Å². The van der Waals surface area contributed by atoms with Crippen molar-refractivity contribution in [2.75, 3.05) is 0 Å². The van der Waals surface area contributed by atoms with Gasteiger partial charge in [0.15, 0.2) is 5.69 Å². The molecule has 1 aromatic heterocycles. The number of hydrogen-bond acceptors (Lipinski definition) is 3. The highest BCUT2D eigenvalue weighted by Crippen LogP contribution is 2.10. The molecule has 0 aliphatic carbocycles. The smallest absolute Gasteiger partial charge is 0.354 e. The monoisotopic (exact) mass is 276 g/mol. The SMILES string of the molecule is O=C(O)c1cc(Cl)nc(CCCc2ccccc2)n1. The highest BCUT2D eigenvalue weighted by molar-refractivity contribution is 6.29. The van der Waals surface area contributed by atoms with Crippen molar-refractivity contribution in [3.05, 3.63) is 58.6 Å². The fraction of sp³-hybridized carbons (Fsp3) is 0.214. The van der Waals surface area contributed by atoms with E-state index in [2.05, 4.69) is 22.1 Å². The molecule has 5 heteroatoms. The van der Waals surface area contributed by atoms with E-state index >= 15 is 0 Å². The van der Waals surface area contributed by atoms with Gasteiger partial charge in [-0.05, 0) is 18.4 Å². The second-order valence-corrected chi connectivity index (χ2v) is 4.52. The van der Waals surface area contributed by atoms with E-state index in [0.717, 1.165) is 12.8 Å². The molecule has 0 bridgehead atoms. The van der Waals surface area contributed by atoms with Gasteiger partial charge in [-0.2, -0.15) is 0 Å². The minimum Gasteiger partial charge on any atom is -0.477 e. The molecule has 0 radical (unpaired) electrons. The third-order valence-corrected chi connectivity index (χ3v) is 2.86. The fourth-order valence-electron chi connectivity index (χ4n) is 1.78. The van der Waals surface area contributed by atoms with Gasteiger partial charge >= 0.3 is 5.97 Å². The van der Waals surface area contributed by atoms with Crippen molar-refractivity contribution in [1.82, 2.24) is 9.97 Å². The molecule has 98 valence electrons. The van der Waals surface area contributed by atoms with Crippen LogP contribution in [0.15, 0.2) is 36.4 Å². The Balaban J connectivity index is 1.98. The van der Waals surface area contributed by atoms with Gasteiger partial charge < -0.3 is 5.11 Å². The van der Waals surface area contributed by atoms with Crippen molar-refractivity contribution >= 4 is 17.6 Å². The number of aromatic nitrogens is 2. The van der Waals surface area contributed by atoms with E-state index in [1.54, 1.807) is 0 Å². The van der Waals surface area contributed by atoms with Gasteiger partial charge in [0, 0.05) is 12.5 Å². The van der Waals surface area contributed by atoms with Crippen LogP contribution in [0.5, 0.6) is 0 Å². The first-order valence-corrected chi connectivity index (χ1v) is 6.33. The molecule has 2 rings (SSSR count). The summed E-state index contributed by atoms with van der Waals surface area (Å²) in [5.74, 6) is -0.616. The molecule has 0 saturated heterocycles. The highest BCUT2D eigenvalue weighted by Gasteiger charge is 2.09. The lowest BCUT2D eigenvalue weighted by Gasteiger charge is -2.03. The minimum atomic E-state index is -1.09. The van der Waals surface area contributed by atoms with E-state index in [0.29, 0.717) is 12.2 Å². The van der Waals surface area contributed by atoms with Crippen LogP contribution in [-0.4, -0.2) is 21.0 Å². The number of carboxylic acids is 1. The van der Waals surface area contributed by atoms with Crippen LogP contribution >= 0.6 is 11.6 Å². The van der Waals surface area contributed by atoms with E-state index in [1.165, 1.54) is 11.6 Å². The molecule has 1 N–H and O–H groups in total. The zero-order valence-electron chi connectivity index (χ0n) is 10.2. The number of rotatable bonds is 5. The standard InChI is InChI=1S/C14H13ClN2O2/c15-12-9-11(14(18)19)16-13(17-12)8-4-7-10-5-2-1-3-6-10/h1-3,5-6,9H,4,7-8H2,(H,18,19). The summed E-state index contributed by atoms with van der Waals surface area (Å²) in [4.78, 5) is 18.9. The third kappa shape index (κ3) is 4.03. The molecule has 2 aromatic rings. The van der Waals surface area contributed by atoms with E-state index in [4.69, 9.17) is 16.7 Å². The summed E-state index contributed by atoms with van der Waals surface area (Å²) in [7, 11) is 0. The predicted octanol–water partition coefficient (Wildman–Crippen LogP) is 3.00. The van der Waals surface area contributed by atoms with Crippen LogP contribution in [0.25, 0.3) is 0 Å². The van der Waals surface area contributed by atoms with Crippen LogP contribution in [0.1, 0.15) is 28.3 Å². The predicted molar refractivity (Wildman–Crippen MR) is 72.5 cm³/mol. The summed E-state index contributed by atoms with van der Waals surface area (Å²) in [6.07, 6.45) is 2.36. The lowest BCUT2D eigenvalue weighted by molar-refractivity contribution is 0.0690. The van der Waals surface area contributed by atoms with Gasteiger partial charge in [-0.1, -0.05) is 41.9 Å². The number of carbonyl (C=O) groups is 1. The molecule has 0 spiro atoms. The van der Waals surface area contributed by atoms with Crippen molar-refractivity contribution < 1.29 is 9.90 Å². The maximum atomic E-state index is 10.9. The molecule has 4 nitrogen and oxygen atoms in total. The summed E-state index contributed by atoms with van der Waals surface area (Å²) < 4.78 is 0. The highest BCUT2D eigenvalue weighted by atomic mass is 35.5. The van der Waals surface area contributed by atoms with Crippen molar-refractivity contribution in [3.8, 4) is 0 Å². The molecule has 19 heavy (non-hydrogen) atoms. The van der Waals surface area contributed by atoms with E-state index in [-0.39, 0.29) is 10.8 Å². The lowest BCUT2D eigenvalue weighted by Crippen LogP contribution is -2.06. The van der Waals surface area contributed by atoms with Gasteiger partial charge in [0.25, 0.3) is 0 Å². The zero-order chi connectivity index (χ0) is 13.7. The second kappa shape index (κ2) is 6.29. The molecule has 0 aliphatic rings. The Morgan fingerprint density at radius 1 is 1.16 bits per heavy atom. The Labute approximate surface area is 116 Å². The molecular formula is C14H13ClN2O2. The number of halogens is 1. The molecule has 1 aromatic carbocycles. The quantitative estimate of drug-likeness (QED) is 0.853. The molecule has 0 amide bonds. The first-order chi connectivity index (χ1) is 9.15. The second-order valence-electron chi connectivity index (χ2n) is 4.14. The molecule has 1 heterocycles. The Morgan fingerprint density at radius 2 is 1.89 bits per heavy atom. The fourth-order valence-corrected chi connectivity index (χ4v) is 1.98. The lowest BCUT2D eigenvalue weighted by atomic mass is 10.1. The Morgan fingerprint density at radius 3 is 2.58 bits per heavy atom. The Hall–Kier alpha value is -1.94. The van der Waals surface area contributed by atoms with Crippen LogP contribution in [-0.2, 0) is 12.8 Å². The molecule has 0 unspecified atom stereocenters. The molecule has 0 saturated carbocycles. The summed E-state index contributed by atoms with van der Waals surface area (Å²) in [5.41, 5.74) is 1.18. The molecule has 0 aliphatic heterocycles. The molecular weight excluding hydrogens is 264 g/mol. The van der Waals surface area contributed by atoms with Crippen molar-refractivity contribution in [2.24, 2.45) is 0 Å². The largest absolute Gasteiger partial charge is 0.477 e. The van der Waals surface area contributed by atoms with E-state index in [1.807, 2.05) is 18.2 Å². The van der Waals surface area contributed by atoms with Crippen LogP contribution in [0.2, 0.25) is 5.15 Å². The third-order valence-electron chi connectivity index (χ3n) is 2.67. The Bertz CT molecular complexity index is 573. The molecule has 0 fully saturated rings. The number of hydrogen-bond donors (Lipinski definition) is 1. The number of aromatic carboxylic acids is 1. The number of nitrogens with zero attached hydrogens (tertiary/aromatic N) is 2. The Kier molecular flexibility index (Phi) is 4.47. The van der Waals surface area contributed by atoms with Gasteiger partial charge in [-0.15, -0.1) is 0 Å². The average Bonchev–Trinajstić information content (AvgIpc) is 2.39. The van der Waals surface area contributed by atoms with Crippen molar-refractivity contribution in [2.45, 2.75) is 19.3 Å². The summed E-state index contributed by atoms with van der Waals surface area (Å²) >= 11 is 5.78. The summed E-state index contributed by atoms with van der Waals surface area (Å²) in [6.45, 7) is 0. The maximum absolute atomic E-state index is 10.9. The van der Waals surface area contributed by atoms with Crippen LogP contribution in [0, 0.1) is 0 Å². The number of carboxylic acid groups (broad SMARTS) is 1. The summed E-state index contributed by atoms with van der Waals surface area (Å²) in [5, 5.41) is 9.06. The molecule has 0 atom stereocenters. The first kappa shape index (κ1) is 13.5. The average molecular weight is 277 g/mol. The number of aryl methyl sites for hydroxylation is 2. The van der Waals surface area contributed by atoms with E-state index < -0.39 is 5.97 Å². The van der Waals surface area contributed by atoms with Gasteiger partial charge in [0.2, 0.25) is 0 Å². The number of benzene rings is 1. The minimum absolute atomic E-state index is 0.0605. The first-order valence-electron chi connectivity index (χ1n) is 5.96. The van der Waals surface area contributed by atoms with Gasteiger partial charge in [0.1, 0.15) is 11.0 Å². The van der Waals surface area contributed by atoms with Crippen LogP contribution in [0.3, 0.4) is 0 Å². The normalized spacial score (nSPS) is 10.4. The van der Waals surface area contributed by atoms with Gasteiger partial charge in [-0.25, -0.2) is 14.8 Å². The van der Waals surface area contributed by atoms with Crippen molar-refractivity contribution in [3.63, 3.8) is 0 Å². The topological polar surface area (TPSA) is 63.1 Å². The van der Waals surface area contributed by atoms with Gasteiger partial charge in [-0.3, -0.25) is 0 Å². The van der Waals surface area contributed by atoms with Crippen molar-refractivity contribution in [1.29, 1.82) is 0 Å². The van der Waals surface area contributed by atoms with Crippen LogP contribution < -0.4 is 0 Å². The van der Waals surface area contributed by atoms with Gasteiger partial charge in [0.05, 0.1) is 0 Å². The maximum Gasteiger partial charge on any atom is 0.354 e. The zero-order valence-corrected chi connectivity index (χ0v) is 11.0.